The molecule has 1 saturated heterocycles. The molecule has 1 heterocycles. The fourth-order valence-electron chi connectivity index (χ4n) is 3.11. The summed E-state index contributed by atoms with van der Waals surface area (Å²) < 4.78 is 1.14. The van der Waals surface area contributed by atoms with Crippen molar-refractivity contribution < 1.29 is 0 Å². The number of nitrogens with two attached hydrogens (primary N) is 1. The summed E-state index contributed by atoms with van der Waals surface area (Å²) in [6.45, 7) is 7.94. The Labute approximate surface area is 125 Å². The smallest absolute Gasteiger partial charge is 0.0402 e. The van der Waals surface area contributed by atoms with Crippen molar-refractivity contribution in [1.29, 1.82) is 0 Å². The molecular formula is C16H25BrN2. The van der Waals surface area contributed by atoms with Crippen LogP contribution in [0.25, 0.3) is 0 Å². The molecule has 1 fully saturated rings. The lowest BCUT2D eigenvalue weighted by molar-refractivity contribution is 0.377. The van der Waals surface area contributed by atoms with Gasteiger partial charge in [0.25, 0.3) is 0 Å². The Bertz CT molecular complexity index is 431. The predicted molar refractivity (Wildman–Crippen MR) is 86.7 cm³/mol. The van der Waals surface area contributed by atoms with Crippen molar-refractivity contribution in [1.82, 2.24) is 0 Å². The second-order valence-corrected chi connectivity index (χ2v) is 7.04. The summed E-state index contributed by atoms with van der Waals surface area (Å²) in [5, 5.41) is 0. The summed E-state index contributed by atoms with van der Waals surface area (Å²) in [4.78, 5) is 2.56. The lowest BCUT2D eigenvalue weighted by atomic mass is 9.92. The Morgan fingerprint density at radius 3 is 2.79 bits per heavy atom. The van der Waals surface area contributed by atoms with Gasteiger partial charge in [0.05, 0.1) is 0 Å². The zero-order valence-corrected chi connectivity index (χ0v) is 13.8. The number of benzene rings is 1. The van der Waals surface area contributed by atoms with Gasteiger partial charge in [0.1, 0.15) is 0 Å². The van der Waals surface area contributed by atoms with Crippen LogP contribution in [0.1, 0.15) is 39.2 Å². The van der Waals surface area contributed by atoms with Crippen molar-refractivity contribution in [2.75, 3.05) is 11.4 Å². The number of rotatable bonds is 3. The van der Waals surface area contributed by atoms with E-state index in [-0.39, 0.29) is 6.04 Å². The Morgan fingerprint density at radius 2 is 2.16 bits per heavy atom. The Morgan fingerprint density at radius 1 is 1.42 bits per heavy atom. The van der Waals surface area contributed by atoms with Gasteiger partial charge in [0, 0.05) is 28.8 Å². The molecule has 2 rings (SSSR count). The molecule has 1 aliphatic heterocycles. The van der Waals surface area contributed by atoms with Crippen LogP contribution in [0, 0.1) is 5.92 Å². The fourth-order valence-corrected chi connectivity index (χ4v) is 3.52. The molecule has 1 aromatic rings. The van der Waals surface area contributed by atoms with Gasteiger partial charge in [-0.3, -0.25) is 0 Å². The normalized spacial score (nSPS) is 25.4. The largest absolute Gasteiger partial charge is 0.369 e. The molecule has 19 heavy (non-hydrogen) atoms. The molecule has 0 aromatic heterocycles. The van der Waals surface area contributed by atoms with Crippen LogP contribution in [-0.4, -0.2) is 18.6 Å². The highest BCUT2D eigenvalue weighted by Crippen LogP contribution is 2.32. The van der Waals surface area contributed by atoms with E-state index >= 15 is 0 Å². The Balaban J connectivity index is 2.27. The van der Waals surface area contributed by atoms with Crippen molar-refractivity contribution in [3.8, 4) is 0 Å². The van der Waals surface area contributed by atoms with E-state index in [2.05, 4.69) is 59.8 Å². The predicted octanol–water partition coefficient (Wildman–Crippen LogP) is 3.96. The quantitative estimate of drug-likeness (QED) is 0.911. The molecule has 0 spiro atoms. The van der Waals surface area contributed by atoms with Crippen LogP contribution in [0.2, 0.25) is 0 Å². The van der Waals surface area contributed by atoms with Gasteiger partial charge in [-0.1, -0.05) is 22.9 Å². The van der Waals surface area contributed by atoms with Gasteiger partial charge in [-0.15, -0.1) is 0 Å². The molecule has 1 aliphatic rings. The number of anilines is 1. The van der Waals surface area contributed by atoms with E-state index in [1.54, 1.807) is 0 Å². The highest BCUT2D eigenvalue weighted by molar-refractivity contribution is 9.10. The van der Waals surface area contributed by atoms with E-state index in [1.165, 1.54) is 24.1 Å². The van der Waals surface area contributed by atoms with Crippen molar-refractivity contribution in [2.24, 2.45) is 11.7 Å². The molecule has 106 valence electrons. The summed E-state index contributed by atoms with van der Waals surface area (Å²) in [6, 6.07) is 7.44. The van der Waals surface area contributed by atoms with Crippen LogP contribution in [0.3, 0.4) is 0 Å². The maximum Gasteiger partial charge on any atom is 0.0402 e. The van der Waals surface area contributed by atoms with Crippen LogP contribution in [0.4, 0.5) is 5.69 Å². The van der Waals surface area contributed by atoms with Gasteiger partial charge in [-0.25, -0.2) is 0 Å². The maximum atomic E-state index is 6.00. The molecule has 2 N–H and O–H groups in total. The zero-order valence-electron chi connectivity index (χ0n) is 12.2. The first-order valence-corrected chi connectivity index (χ1v) is 8.07. The van der Waals surface area contributed by atoms with Crippen LogP contribution in [0.15, 0.2) is 22.7 Å². The van der Waals surface area contributed by atoms with Crippen molar-refractivity contribution >= 4 is 21.6 Å². The van der Waals surface area contributed by atoms with Gasteiger partial charge in [0.15, 0.2) is 0 Å². The highest BCUT2D eigenvalue weighted by Gasteiger charge is 2.24. The summed E-state index contributed by atoms with van der Waals surface area (Å²) in [6.07, 6.45) is 3.51. The van der Waals surface area contributed by atoms with Gasteiger partial charge in [0.2, 0.25) is 0 Å². The SMILES string of the molecule is CC(N)Cc1cc(Br)ccc1N1CCC(C)CC1C. The topological polar surface area (TPSA) is 29.3 Å². The first kappa shape index (κ1) is 14.9. The van der Waals surface area contributed by atoms with Gasteiger partial charge < -0.3 is 10.6 Å². The Kier molecular flexibility index (Phi) is 4.91. The molecule has 0 bridgehead atoms. The second kappa shape index (κ2) is 6.27. The number of halogens is 1. The zero-order chi connectivity index (χ0) is 14.0. The standard InChI is InChI=1S/C16H25BrN2/c1-11-6-7-19(13(3)8-11)16-5-4-15(17)10-14(16)9-12(2)18/h4-5,10-13H,6-9,18H2,1-3H3. The number of piperidine rings is 1. The summed E-state index contributed by atoms with van der Waals surface area (Å²) >= 11 is 3.58. The summed E-state index contributed by atoms with van der Waals surface area (Å²) in [5.41, 5.74) is 8.74. The van der Waals surface area contributed by atoms with E-state index in [0.29, 0.717) is 6.04 Å². The molecule has 0 saturated carbocycles. The molecule has 1 aromatic carbocycles. The van der Waals surface area contributed by atoms with E-state index < -0.39 is 0 Å². The van der Waals surface area contributed by atoms with Crippen molar-refractivity contribution in [2.45, 2.75) is 52.1 Å². The molecule has 0 radical (unpaired) electrons. The number of nitrogens with zero attached hydrogens (tertiary/aromatic N) is 1. The van der Waals surface area contributed by atoms with Crippen LogP contribution >= 0.6 is 15.9 Å². The Hall–Kier alpha value is -0.540. The monoisotopic (exact) mass is 324 g/mol. The van der Waals surface area contributed by atoms with E-state index in [4.69, 9.17) is 5.73 Å². The van der Waals surface area contributed by atoms with Gasteiger partial charge >= 0.3 is 0 Å². The minimum absolute atomic E-state index is 0.201. The number of hydrogen-bond donors (Lipinski definition) is 1. The number of hydrogen-bond acceptors (Lipinski definition) is 2. The van der Waals surface area contributed by atoms with Crippen molar-refractivity contribution in [3.05, 3.63) is 28.2 Å². The van der Waals surface area contributed by atoms with Crippen LogP contribution in [0.5, 0.6) is 0 Å². The lowest BCUT2D eigenvalue weighted by Crippen LogP contribution is -2.41. The van der Waals surface area contributed by atoms with E-state index in [0.717, 1.165) is 23.4 Å². The van der Waals surface area contributed by atoms with Crippen molar-refractivity contribution in [3.63, 3.8) is 0 Å². The molecule has 2 nitrogen and oxygen atoms in total. The minimum Gasteiger partial charge on any atom is -0.369 e. The molecule has 0 amide bonds. The first-order chi connectivity index (χ1) is 8.97. The second-order valence-electron chi connectivity index (χ2n) is 6.13. The average molecular weight is 325 g/mol. The van der Waals surface area contributed by atoms with Gasteiger partial charge in [-0.2, -0.15) is 0 Å². The summed E-state index contributed by atoms with van der Waals surface area (Å²) in [5.74, 6) is 0.846. The molecule has 3 unspecified atom stereocenters. The molecular weight excluding hydrogens is 300 g/mol. The summed E-state index contributed by atoms with van der Waals surface area (Å²) in [7, 11) is 0. The molecule has 3 atom stereocenters. The third kappa shape index (κ3) is 3.73. The van der Waals surface area contributed by atoms with Gasteiger partial charge in [-0.05, 0) is 62.8 Å². The third-order valence-corrected chi connectivity index (χ3v) is 4.52. The lowest BCUT2D eigenvalue weighted by Gasteiger charge is -2.39. The maximum absolute atomic E-state index is 6.00. The first-order valence-electron chi connectivity index (χ1n) is 7.28. The van der Waals surface area contributed by atoms with E-state index in [1.807, 2.05) is 0 Å². The van der Waals surface area contributed by atoms with Crippen LogP contribution < -0.4 is 10.6 Å². The van der Waals surface area contributed by atoms with Crippen LogP contribution in [-0.2, 0) is 6.42 Å². The molecule has 3 heteroatoms. The fraction of sp³-hybridized carbons (Fsp3) is 0.625. The molecule has 0 aliphatic carbocycles. The third-order valence-electron chi connectivity index (χ3n) is 4.03. The minimum atomic E-state index is 0.201. The average Bonchev–Trinajstić information content (AvgIpc) is 2.30. The van der Waals surface area contributed by atoms with E-state index in [9.17, 15) is 0 Å². The highest BCUT2D eigenvalue weighted by atomic mass is 79.9.